The zero-order valence-electron chi connectivity index (χ0n) is 11.5. The molecule has 19 heavy (non-hydrogen) atoms. The SMILES string of the molecule is CCCCCC(C)Nc1nnc(-c2ccccn2)s1. The van der Waals surface area contributed by atoms with Gasteiger partial charge in [0.2, 0.25) is 5.13 Å². The molecule has 0 fully saturated rings. The van der Waals surface area contributed by atoms with E-state index in [9.17, 15) is 0 Å². The van der Waals surface area contributed by atoms with Gasteiger partial charge in [0.25, 0.3) is 0 Å². The second-order valence-corrected chi connectivity index (χ2v) is 5.65. The molecular formula is C14H20N4S. The second kappa shape index (κ2) is 7.19. The second-order valence-electron chi connectivity index (χ2n) is 4.67. The normalized spacial score (nSPS) is 12.3. The molecule has 0 aliphatic heterocycles. The number of hydrogen-bond acceptors (Lipinski definition) is 5. The van der Waals surface area contributed by atoms with Crippen LogP contribution in [0.5, 0.6) is 0 Å². The summed E-state index contributed by atoms with van der Waals surface area (Å²) in [5.41, 5.74) is 0.881. The van der Waals surface area contributed by atoms with Crippen molar-refractivity contribution < 1.29 is 0 Å². The Hall–Kier alpha value is -1.49. The lowest BCUT2D eigenvalue weighted by molar-refractivity contribution is 0.614. The van der Waals surface area contributed by atoms with Gasteiger partial charge in [-0.1, -0.05) is 43.6 Å². The Labute approximate surface area is 118 Å². The molecule has 0 spiro atoms. The molecule has 2 heterocycles. The van der Waals surface area contributed by atoms with Gasteiger partial charge >= 0.3 is 0 Å². The van der Waals surface area contributed by atoms with Gasteiger partial charge in [-0.25, -0.2) is 0 Å². The largest absolute Gasteiger partial charge is 0.358 e. The zero-order valence-corrected chi connectivity index (χ0v) is 12.3. The Balaban J connectivity index is 1.91. The average Bonchev–Trinajstić information content (AvgIpc) is 2.88. The van der Waals surface area contributed by atoms with E-state index in [-0.39, 0.29) is 0 Å². The van der Waals surface area contributed by atoms with Crippen molar-refractivity contribution in [3.05, 3.63) is 24.4 Å². The van der Waals surface area contributed by atoms with Crippen molar-refractivity contribution in [2.45, 2.75) is 45.6 Å². The summed E-state index contributed by atoms with van der Waals surface area (Å²) in [4.78, 5) is 4.28. The number of hydrogen-bond donors (Lipinski definition) is 1. The standard InChI is InChI=1S/C14H20N4S/c1-3-4-5-8-11(2)16-14-18-17-13(19-14)12-9-6-7-10-15-12/h6-7,9-11H,3-5,8H2,1-2H3,(H,16,18). The minimum atomic E-state index is 0.441. The lowest BCUT2D eigenvalue weighted by Gasteiger charge is -2.11. The maximum Gasteiger partial charge on any atom is 0.206 e. The Morgan fingerprint density at radius 1 is 1.26 bits per heavy atom. The van der Waals surface area contributed by atoms with E-state index in [0.29, 0.717) is 6.04 Å². The van der Waals surface area contributed by atoms with E-state index in [2.05, 4.69) is 34.3 Å². The number of anilines is 1. The first-order chi connectivity index (χ1) is 9.29. The maximum atomic E-state index is 4.28. The van der Waals surface area contributed by atoms with Crippen molar-refractivity contribution in [2.75, 3.05) is 5.32 Å². The summed E-state index contributed by atoms with van der Waals surface area (Å²) < 4.78 is 0. The highest BCUT2D eigenvalue weighted by molar-refractivity contribution is 7.18. The monoisotopic (exact) mass is 276 g/mol. The molecule has 0 aliphatic rings. The quantitative estimate of drug-likeness (QED) is 0.777. The molecule has 4 nitrogen and oxygen atoms in total. The fourth-order valence-electron chi connectivity index (χ4n) is 1.86. The summed E-state index contributed by atoms with van der Waals surface area (Å²) in [6, 6.07) is 6.26. The molecule has 0 radical (unpaired) electrons. The third-order valence-corrected chi connectivity index (χ3v) is 3.80. The lowest BCUT2D eigenvalue weighted by Crippen LogP contribution is -2.14. The summed E-state index contributed by atoms with van der Waals surface area (Å²) in [6.07, 6.45) is 6.76. The molecule has 0 aliphatic carbocycles. The van der Waals surface area contributed by atoms with Gasteiger partial charge in [-0.05, 0) is 25.5 Å². The van der Waals surface area contributed by atoms with Gasteiger partial charge in [0, 0.05) is 12.2 Å². The Morgan fingerprint density at radius 2 is 2.16 bits per heavy atom. The van der Waals surface area contributed by atoms with Gasteiger partial charge in [-0.15, -0.1) is 10.2 Å². The van der Waals surface area contributed by atoms with Crippen LogP contribution in [-0.2, 0) is 0 Å². The lowest BCUT2D eigenvalue weighted by atomic mass is 10.1. The number of aromatic nitrogens is 3. The van der Waals surface area contributed by atoms with Crippen molar-refractivity contribution in [1.29, 1.82) is 0 Å². The molecule has 1 unspecified atom stereocenters. The van der Waals surface area contributed by atoms with E-state index in [0.717, 1.165) is 15.8 Å². The summed E-state index contributed by atoms with van der Waals surface area (Å²) in [5.74, 6) is 0. The molecule has 102 valence electrons. The van der Waals surface area contributed by atoms with Crippen LogP contribution in [0.2, 0.25) is 0 Å². The van der Waals surface area contributed by atoms with Crippen LogP contribution in [0.4, 0.5) is 5.13 Å². The Bertz CT molecular complexity index is 483. The third kappa shape index (κ3) is 4.28. The minimum absolute atomic E-state index is 0.441. The van der Waals surface area contributed by atoms with E-state index >= 15 is 0 Å². The highest BCUT2D eigenvalue weighted by Crippen LogP contribution is 2.25. The molecule has 0 saturated carbocycles. The van der Waals surface area contributed by atoms with Crippen molar-refractivity contribution in [1.82, 2.24) is 15.2 Å². The first kappa shape index (κ1) is 13.9. The summed E-state index contributed by atoms with van der Waals surface area (Å²) in [7, 11) is 0. The van der Waals surface area contributed by atoms with Crippen LogP contribution < -0.4 is 5.32 Å². The molecule has 1 atom stereocenters. The molecule has 0 amide bonds. The molecule has 0 aromatic carbocycles. The van der Waals surface area contributed by atoms with E-state index in [1.165, 1.54) is 25.7 Å². The van der Waals surface area contributed by atoms with Crippen LogP contribution in [-0.4, -0.2) is 21.2 Å². The van der Waals surface area contributed by atoms with E-state index in [4.69, 9.17) is 0 Å². The van der Waals surface area contributed by atoms with E-state index in [1.54, 1.807) is 17.5 Å². The minimum Gasteiger partial charge on any atom is -0.358 e. The highest BCUT2D eigenvalue weighted by Gasteiger charge is 2.09. The topological polar surface area (TPSA) is 50.7 Å². The average molecular weight is 276 g/mol. The van der Waals surface area contributed by atoms with Gasteiger partial charge in [-0.3, -0.25) is 4.98 Å². The van der Waals surface area contributed by atoms with Crippen LogP contribution in [0.1, 0.15) is 39.5 Å². The van der Waals surface area contributed by atoms with Crippen LogP contribution in [0.15, 0.2) is 24.4 Å². The fraction of sp³-hybridized carbons (Fsp3) is 0.500. The van der Waals surface area contributed by atoms with Crippen LogP contribution in [0.25, 0.3) is 10.7 Å². The number of unbranched alkanes of at least 4 members (excludes halogenated alkanes) is 2. The number of nitrogens with one attached hydrogen (secondary N) is 1. The number of rotatable bonds is 7. The number of nitrogens with zero attached hydrogens (tertiary/aromatic N) is 3. The molecule has 1 N–H and O–H groups in total. The van der Waals surface area contributed by atoms with Gasteiger partial charge in [-0.2, -0.15) is 0 Å². The van der Waals surface area contributed by atoms with Crippen molar-refractivity contribution in [3.63, 3.8) is 0 Å². The predicted octanol–water partition coefficient (Wildman–Crippen LogP) is 3.98. The smallest absolute Gasteiger partial charge is 0.206 e. The molecule has 2 rings (SSSR count). The first-order valence-electron chi connectivity index (χ1n) is 6.81. The molecular weight excluding hydrogens is 256 g/mol. The van der Waals surface area contributed by atoms with E-state index < -0.39 is 0 Å². The van der Waals surface area contributed by atoms with E-state index in [1.807, 2.05) is 18.2 Å². The highest BCUT2D eigenvalue weighted by atomic mass is 32.1. The Morgan fingerprint density at radius 3 is 2.89 bits per heavy atom. The fourth-order valence-corrected chi connectivity index (χ4v) is 2.69. The third-order valence-electron chi connectivity index (χ3n) is 2.92. The van der Waals surface area contributed by atoms with Gasteiger partial charge in [0.1, 0.15) is 5.69 Å². The number of pyridine rings is 1. The van der Waals surface area contributed by atoms with Gasteiger partial charge < -0.3 is 5.32 Å². The Kier molecular flexibility index (Phi) is 5.27. The van der Waals surface area contributed by atoms with Crippen molar-refractivity contribution in [2.24, 2.45) is 0 Å². The van der Waals surface area contributed by atoms with Crippen molar-refractivity contribution in [3.8, 4) is 10.7 Å². The van der Waals surface area contributed by atoms with Gasteiger partial charge in [0.15, 0.2) is 5.01 Å². The first-order valence-corrected chi connectivity index (χ1v) is 7.62. The maximum absolute atomic E-state index is 4.28. The molecule has 0 bridgehead atoms. The van der Waals surface area contributed by atoms with Gasteiger partial charge in [0.05, 0.1) is 0 Å². The zero-order chi connectivity index (χ0) is 13.5. The summed E-state index contributed by atoms with van der Waals surface area (Å²) in [6.45, 7) is 4.42. The van der Waals surface area contributed by atoms with Crippen LogP contribution in [0.3, 0.4) is 0 Å². The molecule has 2 aromatic heterocycles. The predicted molar refractivity (Wildman–Crippen MR) is 80.4 cm³/mol. The van der Waals surface area contributed by atoms with Crippen LogP contribution >= 0.6 is 11.3 Å². The molecule has 2 aromatic rings. The van der Waals surface area contributed by atoms with Crippen molar-refractivity contribution >= 4 is 16.5 Å². The molecule has 5 heteroatoms. The van der Waals surface area contributed by atoms with Crippen LogP contribution in [0, 0.1) is 0 Å². The molecule has 0 saturated heterocycles. The summed E-state index contributed by atoms with van der Waals surface area (Å²) >= 11 is 1.56. The summed E-state index contributed by atoms with van der Waals surface area (Å²) in [5, 5.41) is 13.5.